The smallest absolute Gasteiger partial charge is 0.317 e. The Morgan fingerprint density at radius 3 is 2.61 bits per heavy atom. The number of carboxylic acids is 1. The van der Waals surface area contributed by atoms with Crippen LogP contribution in [0.3, 0.4) is 0 Å². The molecule has 0 unspecified atom stereocenters. The maximum Gasteiger partial charge on any atom is 0.317 e. The first-order valence-electron chi connectivity index (χ1n) is 8.49. The normalized spacial score (nSPS) is 16.8. The summed E-state index contributed by atoms with van der Waals surface area (Å²) in [6.45, 7) is 6.36. The minimum Gasteiger partial charge on any atom is -0.480 e. The Kier molecular flexibility index (Phi) is 7.92. The van der Waals surface area contributed by atoms with Crippen molar-refractivity contribution in [3.8, 4) is 0 Å². The zero-order valence-corrected chi connectivity index (χ0v) is 14.8. The molecule has 0 radical (unpaired) electrons. The summed E-state index contributed by atoms with van der Waals surface area (Å²) in [6, 6.07) is 11.0. The fourth-order valence-corrected chi connectivity index (χ4v) is 4.10. The molecule has 23 heavy (non-hydrogen) atoms. The highest BCUT2D eigenvalue weighted by molar-refractivity contribution is 7.98. The van der Waals surface area contributed by atoms with Crippen LogP contribution in [-0.4, -0.2) is 65.4 Å². The van der Waals surface area contributed by atoms with Crippen LogP contribution < -0.4 is 0 Å². The lowest BCUT2D eigenvalue weighted by molar-refractivity contribution is -0.139. The number of piperidine rings is 1. The first-order valence-corrected chi connectivity index (χ1v) is 9.64. The van der Waals surface area contributed by atoms with Crippen molar-refractivity contribution in [2.75, 3.05) is 38.5 Å². The van der Waals surface area contributed by atoms with E-state index < -0.39 is 5.97 Å². The van der Waals surface area contributed by atoms with Gasteiger partial charge < -0.3 is 10.0 Å². The van der Waals surface area contributed by atoms with Gasteiger partial charge >= 0.3 is 5.97 Å². The molecule has 0 spiro atoms. The molecular formula is C18H28N2O2S. The minimum atomic E-state index is -0.716. The summed E-state index contributed by atoms with van der Waals surface area (Å²) in [5.74, 6) is 1.53. The zero-order valence-electron chi connectivity index (χ0n) is 14.0. The number of likely N-dealkylation sites (N-methyl/N-ethyl adjacent to an activating group) is 1. The van der Waals surface area contributed by atoms with E-state index in [0.717, 1.165) is 50.5 Å². The van der Waals surface area contributed by atoms with Gasteiger partial charge in [-0.1, -0.05) is 37.3 Å². The highest BCUT2D eigenvalue weighted by Crippen LogP contribution is 2.18. The van der Waals surface area contributed by atoms with Gasteiger partial charge in [0.25, 0.3) is 0 Å². The molecule has 1 fully saturated rings. The molecule has 2 rings (SSSR count). The molecule has 1 aliphatic heterocycles. The Balaban J connectivity index is 1.62. The first kappa shape index (κ1) is 18.3. The van der Waals surface area contributed by atoms with Gasteiger partial charge in [-0.25, -0.2) is 0 Å². The number of nitrogens with zero attached hydrogens (tertiary/aromatic N) is 2. The molecule has 1 N–H and O–H groups in total. The Morgan fingerprint density at radius 1 is 1.30 bits per heavy atom. The number of aliphatic carboxylic acids is 1. The van der Waals surface area contributed by atoms with Gasteiger partial charge in [0.15, 0.2) is 0 Å². The summed E-state index contributed by atoms with van der Waals surface area (Å²) in [5.41, 5.74) is 1.39. The molecule has 5 heteroatoms. The van der Waals surface area contributed by atoms with Gasteiger partial charge in [-0.3, -0.25) is 9.69 Å². The second kappa shape index (κ2) is 9.96. The lowest BCUT2D eigenvalue weighted by atomic mass is 10.0. The molecule has 0 atom stereocenters. The quantitative estimate of drug-likeness (QED) is 0.703. The van der Waals surface area contributed by atoms with Crippen molar-refractivity contribution in [2.45, 2.75) is 31.6 Å². The van der Waals surface area contributed by atoms with Gasteiger partial charge in [0, 0.05) is 24.1 Å². The molecular weight excluding hydrogens is 308 g/mol. The standard InChI is InChI=1S/C18H28N2O2S/c1-2-20(14-18(21)22)17-8-10-19(11-9-17)12-13-23-15-16-6-4-3-5-7-16/h3-7,17H,2,8-15H2,1H3,(H,21,22). The fraction of sp³-hybridized carbons (Fsp3) is 0.611. The molecule has 1 aliphatic rings. The van der Waals surface area contributed by atoms with Crippen molar-refractivity contribution in [3.63, 3.8) is 0 Å². The van der Waals surface area contributed by atoms with Crippen molar-refractivity contribution < 1.29 is 9.90 Å². The second-order valence-corrected chi connectivity index (χ2v) is 7.17. The topological polar surface area (TPSA) is 43.8 Å². The molecule has 1 aromatic carbocycles. The van der Waals surface area contributed by atoms with Gasteiger partial charge in [0.05, 0.1) is 6.54 Å². The molecule has 0 bridgehead atoms. The third kappa shape index (κ3) is 6.53. The maximum absolute atomic E-state index is 10.9. The first-order chi connectivity index (χ1) is 11.2. The predicted molar refractivity (Wildman–Crippen MR) is 96.9 cm³/mol. The molecule has 0 aromatic heterocycles. The summed E-state index contributed by atoms with van der Waals surface area (Å²) >= 11 is 1.99. The summed E-state index contributed by atoms with van der Waals surface area (Å²) in [5, 5.41) is 8.98. The van der Waals surface area contributed by atoms with E-state index in [1.54, 1.807) is 0 Å². The molecule has 0 saturated carbocycles. The van der Waals surface area contributed by atoms with E-state index in [1.807, 2.05) is 11.8 Å². The Hall–Kier alpha value is -1.04. The number of carbonyl (C=O) groups is 1. The highest BCUT2D eigenvalue weighted by Gasteiger charge is 2.24. The lowest BCUT2D eigenvalue weighted by Gasteiger charge is -2.37. The van der Waals surface area contributed by atoms with Crippen LogP contribution >= 0.6 is 11.8 Å². The van der Waals surface area contributed by atoms with Crippen LogP contribution in [0.1, 0.15) is 25.3 Å². The van der Waals surface area contributed by atoms with Crippen LogP contribution in [-0.2, 0) is 10.5 Å². The van der Waals surface area contributed by atoms with E-state index in [0.29, 0.717) is 6.04 Å². The molecule has 0 aliphatic carbocycles. The van der Waals surface area contributed by atoms with Gasteiger partial charge in [-0.05, 0) is 38.0 Å². The lowest BCUT2D eigenvalue weighted by Crippen LogP contribution is -2.46. The molecule has 0 amide bonds. The van der Waals surface area contributed by atoms with E-state index in [-0.39, 0.29) is 6.54 Å². The summed E-state index contributed by atoms with van der Waals surface area (Å²) < 4.78 is 0. The minimum absolute atomic E-state index is 0.175. The SMILES string of the molecule is CCN(CC(=O)O)C1CCN(CCSCc2ccccc2)CC1. The predicted octanol–water partition coefficient (Wildman–Crippen LogP) is 2.79. The van der Waals surface area contributed by atoms with Crippen molar-refractivity contribution in [1.82, 2.24) is 9.80 Å². The fourth-order valence-electron chi connectivity index (χ4n) is 3.14. The monoisotopic (exact) mass is 336 g/mol. The Labute approximate surface area is 143 Å². The van der Waals surface area contributed by atoms with Crippen molar-refractivity contribution >= 4 is 17.7 Å². The summed E-state index contributed by atoms with van der Waals surface area (Å²) in [4.78, 5) is 15.5. The van der Waals surface area contributed by atoms with Gasteiger partial charge in [-0.2, -0.15) is 11.8 Å². The molecule has 1 heterocycles. The second-order valence-electron chi connectivity index (χ2n) is 6.07. The van der Waals surface area contributed by atoms with E-state index in [1.165, 1.54) is 5.56 Å². The van der Waals surface area contributed by atoms with Crippen LogP contribution in [0.5, 0.6) is 0 Å². The van der Waals surface area contributed by atoms with Gasteiger partial charge in [0.2, 0.25) is 0 Å². The number of rotatable bonds is 9. The molecule has 128 valence electrons. The molecule has 1 saturated heterocycles. The number of likely N-dealkylation sites (tertiary alicyclic amines) is 1. The third-order valence-corrected chi connectivity index (χ3v) is 5.49. The zero-order chi connectivity index (χ0) is 16.5. The average Bonchev–Trinajstić information content (AvgIpc) is 2.58. The number of benzene rings is 1. The van der Waals surface area contributed by atoms with Crippen LogP contribution in [0.25, 0.3) is 0 Å². The molecule has 4 nitrogen and oxygen atoms in total. The van der Waals surface area contributed by atoms with Crippen molar-refractivity contribution in [1.29, 1.82) is 0 Å². The third-order valence-electron chi connectivity index (χ3n) is 4.48. The number of carboxylic acid groups (broad SMARTS) is 1. The largest absolute Gasteiger partial charge is 0.480 e. The molecule has 1 aromatic rings. The van der Waals surface area contributed by atoms with Gasteiger partial charge in [0.1, 0.15) is 0 Å². The number of thioether (sulfide) groups is 1. The van der Waals surface area contributed by atoms with Crippen LogP contribution in [0, 0.1) is 0 Å². The van der Waals surface area contributed by atoms with Crippen LogP contribution in [0.4, 0.5) is 0 Å². The van der Waals surface area contributed by atoms with Crippen molar-refractivity contribution in [3.05, 3.63) is 35.9 Å². The van der Waals surface area contributed by atoms with Crippen molar-refractivity contribution in [2.24, 2.45) is 0 Å². The van der Waals surface area contributed by atoms with Gasteiger partial charge in [-0.15, -0.1) is 0 Å². The van der Waals surface area contributed by atoms with Crippen LogP contribution in [0.2, 0.25) is 0 Å². The summed E-state index contributed by atoms with van der Waals surface area (Å²) in [6.07, 6.45) is 2.18. The van der Waals surface area contributed by atoms with E-state index in [9.17, 15) is 4.79 Å². The van der Waals surface area contributed by atoms with E-state index in [4.69, 9.17) is 5.11 Å². The van der Waals surface area contributed by atoms with Crippen LogP contribution in [0.15, 0.2) is 30.3 Å². The summed E-state index contributed by atoms with van der Waals surface area (Å²) in [7, 11) is 0. The van der Waals surface area contributed by atoms with E-state index in [2.05, 4.69) is 47.1 Å². The highest BCUT2D eigenvalue weighted by atomic mass is 32.2. The average molecular weight is 337 g/mol. The maximum atomic E-state index is 10.9. The number of hydrogen-bond donors (Lipinski definition) is 1. The number of hydrogen-bond acceptors (Lipinski definition) is 4. The van der Waals surface area contributed by atoms with E-state index >= 15 is 0 Å². The Bertz CT molecular complexity index is 461. The Morgan fingerprint density at radius 2 is 2.00 bits per heavy atom.